The van der Waals surface area contributed by atoms with Gasteiger partial charge in [-0.15, -0.1) is 0 Å². The molecule has 0 saturated heterocycles. The third kappa shape index (κ3) is 2.35. The number of aliphatic imine (C=N–C) groups is 2. The van der Waals surface area contributed by atoms with Crippen LogP contribution in [0.1, 0.15) is 11.1 Å². The lowest BCUT2D eigenvalue weighted by atomic mass is 10.1. The lowest BCUT2D eigenvalue weighted by molar-refractivity contribution is 0.591. The van der Waals surface area contributed by atoms with Gasteiger partial charge in [-0.05, 0) is 42.2 Å². The Hall–Kier alpha value is -3.06. The molecule has 0 radical (unpaired) electrons. The summed E-state index contributed by atoms with van der Waals surface area (Å²) in [5, 5.41) is 12.3. The quantitative estimate of drug-likeness (QED) is 0.865. The summed E-state index contributed by atoms with van der Waals surface area (Å²) in [6, 6.07) is 6.28. The van der Waals surface area contributed by atoms with E-state index >= 15 is 0 Å². The van der Waals surface area contributed by atoms with Crippen LogP contribution >= 0.6 is 0 Å². The molecule has 7 heteroatoms. The average Bonchev–Trinajstić information content (AvgIpc) is 3.10. The second-order valence-corrected chi connectivity index (χ2v) is 6.03. The van der Waals surface area contributed by atoms with Gasteiger partial charge in [0.25, 0.3) is 11.8 Å². The van der Waals surface area contributed by atoms with Crippen molar-refractivity contribution < 1.29 is 0 Å². The van der Waals surface area contributed by atoms with E-state index in [1.165, 1.54) is 11.1 Å². The molecule has 24 heavy (non-hydrogen) atoms. The van der Waals surface area contributed by atoms with Crippen LogP contribution in [0.3, 0.4) is 0 Å². The van der Waals surface area contributed by atoms with Crippen molar-refractivity contribution in [3.63, 3.8) is 0 Å². The molecule has 1 aromatic heterocycles. The van der Waals surface area contributed by atoms with Crippen LogP contribution in [0, 0.1) is 13.8 Å². The zero-order valence-electron chi connectivity index (χ0n) is 13.8. The largest absolute Gasteiger partial charge is 0.320 e. The number of nitrogens with one attached hydrogen (secondary N) is 1. The standard InChI is InChI=1S/C17H18N7/c1-12-6-13(2)8-14(7-12)20-17-21-16-10-18-4-5-24(16,22-17)15-9-19-23(3)11-15/h4-11H,1-3H3,(H,20,22)/q+1. The smallest absolute Gasteiger partial charge is 0.287 e. The van der Waals surface area contributed by atoms with Crippen molar-refractivity contribution in [1.29, 1.82) is 0 Å². The number of aromatic nitrogens is 2. The highest BCUT2D eigenvalue weighted by atomic mass is 15.7. The maximum atomic E-state index is 4.79. The van der Waals surface area contributed by atoms with Crippen molar-refractivity contribution in [2.75, 3.05) is 5.32 Å². The molecule has 4 rings (SSSR count). The van der Waals surface area contributed by atoms with Gasteiger partial charge >= 0.3 is 0 Å². The minimum Gasteiger partial charge on any atom is -0.320 e. The van der Waals surface area contributed by atoms with Gasteiger partial charge in [0.05, 0.1) is 12.4 Å². The van der Waals surface area contributed by atoms with Crippen LogP contribution in [0.2, 0.25) is 0 Å². The molecule has 2 aromatic rings. The number of amidine groups is 1. The summed E-state index contributed by atoms with van der Waals surface area (Å²) in [7, 11) is 1.88. The minimum absolute atomic E-state index is 0.143. The van der Waals surface area contributed by atoms with Crippen LogP contribution in [-0.4, -0.2) is 27.8 Å². The molecule has 0 amide bonds. The van der Waals surface area contributed by atoms with E-state index < -0.39 is 0 Å². The molecule has 0 bridgehead atoms. The second kappa shape index (κ2) is 5.24. The Morgan fingerprint density at radius 3 is 2.62 bits per heavy atom. The number of benzene rings is 1. The van der Waals surface area contributed by atoms with Crippen LogP contribution < -0.4 is 9.91 Å². The van der Waals surface area contributed by atoms with Crippen LogP contribution in [-0.2, 0) is 7.05 Å². The number of fused-ring (bicyclic) bond motifs is 1. The molecule has 7 nitrogen and oxygen atoms in total. The highest BCUT2D eigenvalue weighted by Gasteiger charge is 2.43. The summed E-state index contributed by atoms with van der Waals surface area (Å²) in [6.07, 6.45) is 9.08. The van der Waals surface area contributed by atoms with Crippen molar-refractivity contribution in [2.24, 2.45) is 22.1 Å². The van der Waals surface area contributed by atoms with Crippen molar-refractivity contribution >= 4 is 29.4 Å². The number of hydrogen-bond acceptors (Lipinski definition) is 5. The normalized spacial score (nSPS) is 21.5. The van der Waals surface area contributed by atoms with Gasteiger partial charge in [-0.25, -0.2) is 0 Å². The Morgan fingerprint density at radius 2 is 1.92 bits per heavy atom. The van der Waals surface area contributed by atoms with E-state index in [0.717, 1.165) is 17.2 Å². The Kier molecular flexibility index (Phi) is 3.17. The predicted molar refractivity (Wildman–Crippen MR) is 97.0 cm³/mol. The van der Waals surface area contributed by atoms with Crippen LogP contribution in [0.5, 0.6) is 0 Å². The molecule has 1 aromatic carbocycles. The summed E-state index contributed by atoms with van der Waals surface area (Å²) < 4.78 is 1.90. The summed E-state index contributed by atoms with van der Waals surface area (Å²) >= 11 is 0. The first-order valence-electron chi connectivity index (χ1n) is 7.69. The first-order chi connectivity index (χ1) is 11.5. The average molecular weight is 320 g/mol. The third-order valence-electron chi connectivity index (χ3n) is 3.94. The van der Waals surface area contributed by atoms with E-state index in [9.17, 15) is 0 Å². The highest BCUT2D eigenvalue weighted by Crippen LogP contribution is 2.30. The van der Waals surface area contributed by atoms with Crippen LogP contribution in [0.4, 0.5) is 11.4 Å². The van der Waals surface area contributed by atoms with Gasteiger partial charge in [0.1, 0.15) is 12.4 Å². The van der Waals surface area contributed by atoms with E-state index in [0.29, 0.717) is 5.96 Å². The SMILES string of the molecule is Cc1cc(C)cc(NC2=N[N+]3(c4cnn(C)c4)C=CN=CC3=N2)c1. The number of nitrogens with zero attached hydrogens (tertiary/aromatic N) is 6. The first-order valence-corrected chi connectivity index (χ1v) is 7.69. The van der Waals surface area contributed by atoms with E-state index in [4.69, 9.17) is 5.10 Å². The van der Waals surface area contributed by atoms with Gasteiger partial charge < -0.3 is 5.32 Å². The Morgan fingerprint density at radius 1 is 1.12 bits per heavy atom. The van der Waals surface area contributed by atoms with Gasteiger partial charge in [0.2, 0.25) is 5.69 Å². The summed E-state index contributed by atoms with van der Waals surface area (Å²) in [4.78, 5) is 8.80. The van der Waals surface area contributed by atoms with Gasteiger partial charge in [-0.3, -0.25) is 9.67 Å². The minimum atomic E-state index is 0.143. The molecule has 0 aliphatic carbocycles. The lowest BCUT2D eigenvalue weighted by Gasteiger charge is -2.21. The first kappa shape index (κ1) is 14.5. The fraction of sp³-hybridized carbons (Fsp3) is 0.176. The molecule has 0 spiro atoms. The maximum absolute atomic E-state index is 4.79. The summed E-state index contributed by atoms with van der Waals surface area (Å²) in [5.74, 6) is 1.29. The second-order valence-electron chi connectivity index (χ2n) is 6.03. The van der Waals surface area contributed by atoms with Crippen molar-refractivity contribution in [1.82, 2.24) is 14.4 Å². The third-order valence-corrected chi connectivity index (χ3v) is 3.94. The van der Waals surface area contributed by atoms with Crippen molar-refractivity contribution in [2.45, 2.75) is 13.8 Å². The number of guanidine groups is 1. The molecule has 0 saturated carbocycles. The van der Waals surface area contributed by atoms with Gasteiger partial charge in [-0.1, -0.05) is 10.7 Å². The Bertz CT molecular complexity index is 912. The van der Waals surface area contributed by atoms with Crippen molar-refractivity contribution in [3.05, 3.63) is 54.1 Å². The molecule has 1 atom stereocenters. The lowest BCUT2D eigenvalue weighted by Crippen LogP contribution is -2.44. The van der Waals surface area contributed by atoms with E-state index in [1.54, 1.807) is 23.3 Å². The van der Waals surface area contributed by atoms with Gasteiger partial charge in [0.15, 0.2) is 6.20 Å². The van der Waals surface area contributed by atoms with Crippen LogP contribution in [0.25, 0.3) is 0 Å². The molecule has 120 valence electrons. The predicted octanol–water partition coefficient (Wildman–Crippen LogP) is 2.70. The Labute approximate surface area is 139 Å². The van der Waals surface area contributed by atoms with Crippen LogP contribution in [0.15, 0.2) is 58.1 Å². The van der Waals surface area contributed by atoms with E-state index in [2.05, 4.69) is 52.4 Å². The molecule has 2 aliphatic heterocycles. The number of aryl methyl sites for hydroxylation is 3. The van der Waals surface area contributed by atoms with Crippen molar-refractivity contribution in [3.8, 4) is 0 Å². The molecule has 0 fully saturated rings. The fourth-order valence-electron chi connectivity index (χ4n) is 2.97. The monoisotopic (exact) mass is 320 g/mol. The molecule has 3 heterocycles. The fourth-order valence-corrected chi connectivity index (χ4v) is 2.97. The van der Waals surface area contributed by atoms with Gasteiger partial charge in [0, 0.05) is 12.7 Å². The molecule has 2 aliphatic rings. The molecular weight excluding hydrogens is 302 g/mol. The molecular formula is C17H18N7+. The van der Waals surface area contributed by atoms with E-state index in [1.807, 2.05) is 19.4 Å². The molecule has 1 unspecified atom stereocenters. The summed E-state index contributed by atoms with van der Waals surface area (Å²) in [5.41, 5.74) is 4.27. The molecule has 1 N–H and O–H groups in total. The topological polar surface area (TPSA) is 66.9 Å². The Balaban J connectivity index is 1.74. The van der Waals surface area contributed by atoms with E-state index in [-0.39, 0.29) is 4.59 Å². The zero-order chi connectivity index (χ0) is 16.7. The maximum Gasteiger partial charge on any atom is 0.287 e. The number of anilines is 1. The highest BCUT2D eigenvalue weighted by molar-refractivity contribution is 6.38. The zero-order valence-corrected chi connectivity index (χ0v) is 13.8. The number of rotatable bonds is 2. The number of quaternary nitrogens is 1. The number of hydrogen-bond donors (Lipinski definition) is 1. The van der Waals surface area contributed by atoms with Gasteiger partial charge in [-0.2, -0.15) is 10.1 Å². The summed E-state index contributed by atoms with van der Waals surface area (Å²) in [6.45, 7) is 4.14.